The monoisotopic (exact) mass is 275 g/mol. The van der Waals surface area contributed by atoms with Crippen LogP contribution in [0.2, 0.25) is 0 Å². The van der Waals surface area contributed by atoms with E-state index in [4.69, 9.17) is 4.74 Å². The summed E-state index contributed by atoms with van der Waals surface area (Å²) in [6, 6.07) is 7.34. The van der Waals surface area contributed by atoms with Gasteiger partial charge in [0.2, 0.25) is 0 Å². The predicted octanol–water partition coefficient (Wildman–Crippen LogP) is 4.20. The van der Waals surface area contributed by atoms with Gasteiger partial charge in [0.05, 0.1) is 0 Å². The molecule has 2 heteroatoms. The summed E-state index contributed by atoms with van der Waals surface area (Å²) >= 11 is 0. The van der Waals surface area contributed by atoms with Crippen LogP contribution in [-0.2, 0) is 5.41 Å². The lowest BCUT2D eigenvalue weighted by molar-refractivity contribution is 0.191. The van der Waals surface area contributed by atoms with E-state index in [0.29, 0.717) is 0 Å². The number of nitrogens with one attached hydrogen (secondary N) is 1. The fourth-order valence-electron chi connectivity index (χ4n) is 2.28. The van der Waals surface area contributed by atoms with Gasteiger partial charge in [-0.2, -0.15) is 0 Å². The lowest BCUT2D eigenvalue weighted by Gasteiger charge is -2.23. The molecule has 0 amide bonds. The standard InChI is InChI=1S/C18H29NO/c1-6-16(12-19-15-8-9-15)20-17-10-7-14(11-13(17)2)18(3,4)5/h7,10-11,15-16,19H,6,8-9,12H2,1-5H3. The first kappa shape index (κ1) is 15.4. The zero-order valence-corrected chi connectivity index (χ0v) is 13.6. The minimum atomic E-state index is 0.195. The molecule has 1 N–H and O–H groups in total. The molecule has 2 nitrogen and oxygen atoms in total. The normalized spacial score (nSPS) is 17.1. The van der Waals surface area contributed by atoms with Crippen LogP contribution < -0.4 is 10.1 Å². The average molecular weight is 275 g/mol. The van der Waals surface area contributed by atoms with Crippen LogP contribution in [-0.4, -0.2) is 18.7 Å². The van der Waals surface area contributed by atoms with Gasteiger partial charge in [0.1, 0.15) is 11.9 Å². The van der Waals surface area contributed by atoms with Gasteiger partial charge >= 0.3 is 0 Å². The van der Waals surface area contributed by atoms with Crippen molar-refractivity contribution in [2.75, 3.05) is 6.54 Å². The first-order valence-electron chi connectivity index (χ1n) is 7.91. The molecule has 0 heterocycles. The molecular weight excluding hydrogens is 246 g/mol. The first-order chi connectivity index (χ1) is 9.40. The summed E-state index contributed by atoms with van der Waals surface area (Å²) in [4.78, 5) is 0. The van der Waals surface area contributed by atoms with Crippen molar-refractivity contribution in [3.8, 4) is 5.75 Å². The van der Waals surface area contributed by atoms with E-state index >= 15 is 0 Å². The second-order valence-electron chi connectivity index (χ2n) is 7.06. The third-order valence-corrected chi connectivity index (χ3v) is 4.00. The molecule has 0 saturated heterocycles. The van der Waals surface area contributed by atoms with E-state index in [-0.39, 0.29) is 11.5 Å². The van der Waals surface area contributed by atoms with Gasteiger partial charge in [0.25, 0.3) is 0 Å². The van der Waals surface area contributed by atoms with Gasteiger partial charge in [-0.3, -0.25) is 0 Å². The quantitative estimate of drug-likeness (QED) is 0.840. The Morgan fingerprint density at radius 1 is 1.30 bits per heavy atom. The summed E-state index contributed by atoms with van der Waals surface area (Å²) in [6.45, 7) is 12.0. The van der Waals surface area contributed by atoms with Crippen LogP contribution in [0, 0.1) is 6.92 Å². The molecule has 0 aliphatic heterocycles. The molecule has 112 valence electrons. The molecule has 1 atom stereocenters. The number of rotatable bonds is 6. The van der Waals surface area contributed by atoms with Crippen molar-refractivity contribution in [1.82, 2.24) is 5.32 Å². The Morgan fingerprint density at radius 3 is 2.50 bits per heavy atom. The Balaban J connectivity index is 2.00. The third-order valence-electron chi connectivity index (χ3n) is 4.00. The smallest absolute Gasteiger partial charge is 0.122 e. The van der Waals surface area contributed by atoms with Gasteiger partial charge < -0.3 is 10.1 Å². The summed E-state index contributed by atoms with van der Waals surface area (Å²) in [5.41, 5.74) is 2.80. The third kappa shape index (κ3) is 4.24. The summed E-state index contributed by atoms with van der Waals surface area (Å²) < 4.78 is 6.18. The van der Waals surface area contributed by atoms with Crippen molar-refractivity contribution in [2.24, 2.45) is 0 Å². The van der Waals surface area contributed by atoms with Crippen molar-refractivity contribution in [2.45, 2.75) is 71.4 Å². The fourth-order valence-corrected chi connectivity index (χ4v) is 2.28. The van der Waals surface area contributed by atoms with Crippen LogP contribution in [0.25, 0.3) is 0 Å². The van der Waals surface area contributed by atoms with Gasteiger partial charge in [-0.1, -0.05) is 39.8 Å². The van der Waals surface area contributed by atoms with Crippen LogP contribution in [0.1, 0.15) is 58.1 Å². The highest BCUT2D eigenvalue weighted by Crippen LogP contribution is 2.28. The largest absolute Gasteiger partial charge is 0.489 e. The molecule has 1 aromatic carbocycles. The van der Waals surface area contributed by atoms with Crippen molar-refractivity contribution in [3.05, 3.63) is 29.3 Å². The second-order valence-corrected chi connectivity index (χ2v) is 7.06. The average Bonchev–Trinajstić information content (AvgIpc) is 3.19. The maximum absolute atomic E-state index is 6.18. The van der Waals surface area contributed by atoms with E-state index in [2.05, 4.69) is 58.1 Å². The molecule has 1 aliphatic rings. The molecular formula is C18H29NO. The van der Waals surface area contributed by atoms with Crippen LogP contribution in [0.15, 0.2) is 18.2 Å². The molecule has 1 saturated carbocycles. The number of benzene rings is 1. The highest BCUT2D eigenvalue weighted by molar-refractivity contribution is 5.38. The first-order valence-corrected chi connectivity index (χ1v) is 7.91. The van der Waals surface area contributed by atoms with Gasteiger partial charge in [-0.05, 0) is 48.8 Å². The lowest BCUT2D eigenvalue weighted by atomic mass is 9.86. The zero-order chi connectivity index (χ0) is 14.8. The topological polar surface area (TPSA) is 21.3 Å². The molecule has 0 radical (unpaired) electrons. The number of ether oxygens (including phenoxy) is 1. The minimum Gasteiger partial charge on any atom is -0.489 e. The Hall–Kier alpha value is -1.02. The number of hydrogen-bond donors (Lipinski definition) is 1. The maximum Gasteiger partial charge on any atom is 0.122 e. The Labute approximate surface area is 123 Å². The molecule has 0 spiro atoms. The Kier molecular flexibility index (Phi) is 4.74. The molecule has 0 aromatic heterocycles. The van der Waals surface area contributed by atoms with Gasteiger partial charge in [0, 0.05) is 12.6 Å². The van der Waals surface area contributed by atoms with Crippen LogP contribution in [0.5, 0.6) is 5.75 Å². The summed E-state index contributed by atoms with van der Waals surface area (Å²) in [5.74, 6) is 1.03. The van der Waals surface area contributed by atoms with Gasteiger partial charge in [0.15, 0.2) is 0 Å². The van der Waals surface area contributed by atoms with Crippen LogP contribution in [0.4, 0.5) is 0 Å². The van der Waals surface area contributed by atoms with E-state index in [1.54, 1.807) is 0 Å². The predicted molar refractivity (Wildman–Crippen MR) is 85.6 cm³/mol. The summed E-state index contributed by atoms with van der Waals surface area (Å²) in [7, 11) is 0. The number of hydrogen-bond acceptors (Lipinski definition) is 2. The van der Waals surface area contributed by atoms with E-state index < -0.39 is 0 Å². The highest BCUT2D eigenvalue weighted by Gasteiger charge is 2.22. The molecule has 1 aliphatic carbocycles. The molecule has 2 rings (SSSR count). The Morgan fingerprint density at radius 2 is 2.00 bits per heavy atom. The summed E-state index contributed by atoms with van der Waals surface area (Å²) in [6.07, 6.45) is 3.97. The molecule has 0 bridgehead atoms. The fraction of sp³-hybridized carbons (Fsp3) is 0.667. The van der Waals surface area contributed by atoms with Gasteiger partial charge in [-0.15, -0.1) is 0 Å². The van der Waals surface area contributed by atoms with Crippen molar-refractivity contribution in [3.63, 3.8) is 0 Å². The van der Waals surface area contributed by atoms with E-state index in [1.165, 1.54) is 24.0 Å². The molecule has 1 fully saturated rings. The second kappa shape index (κ2) is 6.17. The Bertz CT molecular complexity index is 443. The van der Waals surface area contributed by atoms with Crippen molar-refractivity contribution < 1.29 is 4.74 Å². The number of aryl methyl sites for hydroxylation is 1. The van der Waals surface area contributed by atoms with Crippen LogP contribution in [0.3, 0.4) is 0 Å². The van der Waals surface area contributed by atoms with E-state index in [9.17, 15) is 0 Å². The SMILES string of the molecule is CCC(CNC1CC1)Oc1ccc(C(C)(C)C)cc1C. The minimum absolute atomic E-state index is 0.195. The van der Waals surface area contributed by atoms with E-state index in [1.807, 2.05) is 0 Å². The van der Waals surface area contributed by atoms with Crippen molar-refractivity contribution >= 4 is 0 Å². The zero-order valence-electron chi connectivity index (χ0n) is 13.6. The van der Waals surface area contributed by atoms with Crippen molar-refractivity contribution in [1.29, 1.82) is 0 Å². The summed E-state index contributed by atoms with van der Waals surface area (Å²) in [5, 5.41) is 3.56. The maximum atomic E-state index is 6.18. The van der Waals surface area contributed by atoms with E-state index in [0.717, 1.165) is 24.8 Å². The molecule has 20 heavy (non-hydrogen) atoms. The van der Waals surface area contributed by atoms with Gasteiger partial charge in [-0.25, -0.2) is 0 Å². The van der Waals surface area contributed by atoms with Crippen LogP contribution >= 0.6 is 0 Å². The lowest BCUT2D eigenvalue weighted by Crippen LogP contribution is -2.32. The highest BCUT2D eigenvalue weighted by atomic mass is 16.5. The molecule has 1 aromatic rings. The molecule has 1 unspecified atom stereocenters.